The second-order valence-corrected chi connectivity index (χ2v) is 8.56. The van der Waals surface area contributed by atoms with Crippen molar-refractivity contribution in [1.29, 1.82) is 0 Å². The summed E-state index contributed by atoms with van der Waals surface area (Å²) in [6.07, 6.45) is 6.18. The summed E-state index contributed by atoms with van der Waals surface area (Å²) in [5.74, 6) is 2.35. The lowest BCUT2D eigenvalue weighted by atomic mass is 9.52. The minimum Gasteiger partial charge on any atom is -0.452 e. The van der Waals surface area contributed by atoms with Crippen LogP contribution in [-0.2, 0) is 20.7 Å². The van der Waals surface area contributed by atoms with Gasteiger partial charge in [0, 0.05) is 6.54 Å². The van der Waals surface area contributed by atoms with Crippen LogP contribution in [0.15, 0.2) is 30.3 Å². The van der Waals surface area contributed by atoms with Crippen molar-refractivity contribution < 1.29 is 14.3 Å². The molecule has 1 N–H and O–H groups in total. The Hall–Kier alpha value is -1.84. The number of carbonyl (C=O) groups excluding carboxylic acids is 2. The van der Waals surface area contributed by atoms with Crippen molar-refractivity contribution in [2.45, 2.75) is 51.6 Å². The van der Waals surface area contributed by atoms with Gasteiger partial charge >= 0.3 is 5.97 Å². The van der Waals surface area contributed by atoms with Gasteiger partial charge in [-0.1, -0.05) is 30.3 Å². The molecule has 4 bridgehead atoms. The molecule has 4 aliphatic carbocycles. The third kappa shape index (κ3) is 3.65. The molecule has 4 saturated carbocycles. The van der Waals surface area contributed by atoms with Crippen molar-refractivity contribution >= 4 is 11.9 Å². The van der Waals surface area contributed by atoms with Crippen LogP contribution >= 0.6 is 0 Å². The number of rotatable bonds is 6. The summed E-state index contributed by atoms with van der Waals surface area (Å²) in [7, 11) is 0. The number of benzene rings is 1. The van der Waals surface area contributed by atoms with Gasteiger partial charge in [-0.05, 0) is 74.7 Å². The van der Waals surface area contributed by atoms with Gasteiger partial charge in [-0.3, -0.25) is 9.59 Å². The summed E-state index contributed by atoms with van der Waals surface area (Å²) in [4.78, 5) is 25.0. The van der Waals surface area contributed by atoms with E-state index in [-0.39, 0.29) is 17.8 Å². The molecule has 26 heavy (non-hydrogen) atoms. The lowest BCUT2D eigenvalue weighted by molar-refractivity contribution is -0.170. The monoisotopic (exact) mass is 355 g/mol. The molecular formula is C22H29NO3. The van der Waals surface area contributed by atoms with Crippen LogP contribution in [0.5, 0.6) is 0 Å². The van der Waals surface area contributed by atoms with Gasteiger partial charge in [0.05, 0.1) is 5.92 Å². The Morgan fingerprint density at radius 1 is 1.04 bits per heavy atom. The second kappa shape index (κ2) is 7.42. The minimum absolute atomic E-state index is 0.0300. The van der Waals surface area contributed by atoms with Gasteiger partial charge in [0.25, 0.3) is 5.91 Å². The van der Waals surface area contributed by atoms with Crippen LogP contribution in [0, 0.1) is 29.6 Å². The standard InChI is InChI=1S/C22H29NO3/c1-14(21(24)23-8-7-15-5-3-2-4-6-15)26-22(25)20-18-10-16-9-17(12-18)13-19(20)11-16/h2-6,14,16-20H,7-13H2,1H3,(H,23,24). The quantitative estimate of drug-likeness (QED) is 0.796. The fourth-order valence-corrected chi connectivity index (χ4v) is 5.73. The Labute approximate surface area is 155 Å². The SMILES string of the molecule is CC(OC(=O)C1C2CC3CC(C2)CC1C3)C(=O)NCCc1ccccc1. The highest BCUT2D eigenvalue weighted by molar-refractivity contribution is 5.84. The third-order valence-electron chi connectivity index (χ3n) is 6.72. The number of nitrogens with one attached hydrogen (secondary N) is 1. The zero-order valence-electron chi connectivity index (χ0n) is 15.5. The van der Waals surface area contributed by atoms with Crippen molar-refractivity contribution in [3.05, 3.63) is 35.9 Å². The summed E-state index contributed by atoms with van der Waals surface area (Å²) in [6, 6.07) is 10.1. The summed E-state index contributed by atoms with van der Waals surface area (Å²) in [6.45, 7) is 2.24. The predicted octanol–water partition coefficient (Wildman–Crippen LogP) is 3.35. The smallest absolute Gasteiger partial charge is 0.310 e. The minimum atomic E-state index is -0.713. The van der Waals surface area contributed by atoms with Crippen molar-refractivity contribution in [2.24, 2.45) is 29.6 Å². The van der Waals surface area contributed by atoms with Crippen LogP contribution in [0.2, 0.25) is 0 Å². The lowest BCUT2D eigenvalue weighted by Gasteiger charge is -2.53. The highest BCUT2D eigenvalue weighted by Crippen LogP contribution is 2.56. The van der Waals surface area contributed by atoms with Crippen molar-refractivity contribution in [2.75, 3.05) is 6.54 Å². The Morgan fingerprint density at radius 3 is 2.27 bits per heavy atom. The van der Waals surface area contributed by atoms with Gasteiger partial charge in [-0.15, -0.1) is 0 Å². The second-order valence-electron chi connectivity index (χ2n) is 8.56. The summed E-state index contributed by atoms with van der Waals surface area (Å²) in [5, 5.41) is 2.89. The van der Waals surface area contributed by atoms with Gasteiger partial charge < -0.3 is 10.1 Å². The van der Waals surface area contributed by atoms with Gasteiger partial charge in [0.1, 0.15) is 0 Å². The molecule has 5 rings (SSSR count). The van der Waals surface area contributed by atoms with Crippen molar-refractivity contribution in [3.63, 3.8) is 0 Å². The van der Waals surface area contributed by atoms with E-state index in [0.717, 1.165) is 18.3 Å². The summed E-state index contributed by atoms with van der Waals surface area (Å²) in [5.41, 5.74) is 1.19. The first-order valence-electron chi connectivity index (χ1n) is 10.1. The van der Waals surface area contributed by atoms with E-state index in [2.05, 4.69) is 5.32 Å². The highest BCUT2D eigenvalue weighted by atomic mass is 16.5. The molecule has 0 spiro atoms. The average Bonchev–Trinajstić information content (AvgIpc) is 2.61. The van der Waals surface area contributed by atoms with E-state index >= 15 is 0 Å². The molecule has 4 nitrogen and oxygen atoms in total. The molecule has 0 heterocycles. The molecule has 140 valence electrons. The van der Waals surface area contributed by atoms with Crippen LogP contribution in [0.3, 0.4) is 0 Å². The van der Waals surface area contributed by atoms with E-state index in [1.54, 1.807) is 6.92 Å². The van der Waals surface area contributed by atoms with E-state index in [9.17, 15) is 9.59 Å². The molecule has 0 saturated heterocycles. The summed E-state index contributed by atoms with van der Waals surface area (Å²) < 4.78 is 5.59. The Kier molecular flexibility index (Phi) is 5.01. The van der Waals surface area contributed by atoms with E-state index < -0.39 is 6.10 Å². The van der Waals surface area contributed by atoms with Crippen molar-refractivity contribution in [1.82, 2.24) is 5.32 Å². The van der Waals surface area contributed by atoms with Crippen molar-refractivity contribution in [3.8, 4) is 0 Å². The van der Waals surface area contributed by atoms with Crippen LogP contribution < -0.4 is 5.32 Å². The molecule has 1 amide bonds. The zero-order chi connectivity index (χ0) is 18.1. The number of hydrogen-bond acceptors (Lipinski definition) is 3. The fourth-order valence-electron chi connectivity index (χ4n) is 5.73. The van der Waals surface area contributed by atoms with Crippen LogP contribution in [0.25, 0.3) is 0 Å². The van der Waals surface area contributed by atoms with E-state index in [4.69, 9.17) is 4.74 Å². The maximum absolute atomic E-state index is 12.7. The number of hydrogen-bond donors (Lipinski definition) is 1. The molecule has 1 aromatic rings. The molecule has 4 fully saturated rings. The Morgan fingerprint density at radius 2 is 1.65 bits per heavy atom. The lowest BCUT2D eigenvalue weighted by Crippen LogP contribution is -2.49. The van der Waals surface area contributed by atoms with Crippen LogP contribution in [0.1, 0.15) is 44.6 Å². The van der Waals surface area contributed by atoms with Crippen LogP contribution in [-0.4, -0.2) is 24.5 Å². The Bertz CT molecular complexity index is 629. The van der Waals surface area contributed by atoms with Gasteiger partial charge in [0.15, 0.2) is 6.10 Å². The molecule has 4 aliphatic rings. The van der Waals surface area contributed by atoms with Gasteiger partial charge in [0.2, 0.25) is 0 Å². The van der Waals surface area contributed by atoms with Gasteiger partial charge in [-0.2, -0.15) is 0 Å². The molecule has 1 atom stereocenters. The van der Waals surface area contributed by atoms with Gasteiger partial charge in [-0.25, -0.2) is 0 Å². The molecule has 1 unspecified atom stereocenters. The number of amides is 1. The van der Waals surface area contributed by atoms with Crippen LogP contribution in [0.4, 0.5) is 0 Å². The average molecular weight is 355 g/mol. The molecule has 0 aromatic heterocycles. The molecule has 0 radical (unpaired) electrons. The number of esters is 1. The molecule has 4 heteroatoms. The molecular weight excluding hydrogens is 326 g/mol. The fraction of sp³-hybridized carbons (Fsp3) is 0.636. The highest BCUT2D eigenvalue weighted by Gasteiger charge is 2.51. The van der Waals surface area contributed by atoms with E-state index in [0.29, 0.717) is 18.4 Å². The zero-order valence-corrected chi connectivity index (χ0v) is 15.5. The maximum Gasteiger partial charge on any atom is 0.310 e. The third-order valence-corrected chi connectivity index (χ3v) is 6.72. The Balaban J connectivity index is 1.25. The molecule has 1 aromatic carbocycles. The predicted molar refractivity (Wildman–Crippen MR) is 99.2 cm³/mol. The van der Waals surface area contributed by atoms with E-state index in [1.165, 1.54) is 37.7 Å². The first-order valence-corrected chi connectivity index (χ1v) is 10.1. The topological polar surface area (TPSA) is 55.4 Å². The largest absolute Gasteiger partial charge is 0.452 e. The normalized spacial score (nSPS) is 32.9. The first kappa shape index (κ1) is 17.6. The number of ether oxygens (including phenoxy) is 1. The number of carbonyl (C=O) groups is 2. The van der Waals surface area contributed by atoms with E-state index in [1.807, 2.05) is 30.3 Å². The first-order chi connectivity index (χ1) is 12.6. The molecule has 0 aliphatic heterocycles. The summed E-state index contributed by atoms with van der Waals surface area (Å²) >= 11 is 0. The maximum atomic E-state index is 12.7.